The molecule has 3 fully saturated rings. The van der Waals surface area contributed by atoms with E-state index in [2.05, 4.69) is 0 Å². The summed E-state index contributed by atoms with van der Waals surface area (Å²) in [6, 6.07) is 19.9. The maximum absolute atomic E-state index is 11.6. The molecule has 138 valence electrons. The van der Waals surface area contributed by atoms with Crippen molar-refractivity contribution >= 4 is 17.6 Å². The number of ketones is 2. The first-order valence-corrected chi connectivity index (χ1v) is 9.73. The molecule has 0 bridgehead atoms. The minimum absolute atomic E-state index is 0.0456. The van der Waals surface area contributed by atoms with Crippen LogP contribution in [0.25, 0.3) is 6.08 Å². The van der Waals surface area contributed by atoms with E-state index in [4.69, 9.17) is 4.74 Å². The summed E-state index contributed by atoms with van der Waals surface area (Å²) in [4.78, 5) is 22.9. The lowest BCUT2D eigenvalue weighted by Gasteiger charge is -1.93. The summed E-state index contributed by atoms with van der Waals surface area (Å²) in [6.07, 6.45) is 7.80. The first-order chi connectivity index (χ1) is 13.2. The second kappa shape index (κ2) is 8.01. The Morgan fingerprint density at radius 1 is 0.815 bits per heavy atom. The van der Waals surface area contributed by atoms with Gasteiger partial charge in [0, 0.05) is 11.8 Å². The molecule has 0 radical (unpaired) electrons. The number of ether oxygens (including phenoxy) is 1. The summed E-state index contributed by atoms with van der Waals surface area (Å²) in [7, 11) is 0. The Morgan fingerprint density at radius 3 is 2.00 bits per heavy atom. The van der Waals surface area contributed by atoms with E-state index in [1.54, 1.807) is 6.08 Å². The van der Waals surface area contributed by atoms with E-state index in [-0.39, 0.29) is 18.0 Å². The average Bonchev–Trinajstić information content (AvgIpc) is 3.60. The molecule has 5 rings (SSSR count). The molecule has 0 aromatic heterocycles. The summed E-state index contributed by atoms with van der Waals surface area (Å²) in [5, 5.41) is 0. The van der Waals surface area contributed by atoms with Crippen LogP contribution in [0.2, 0.25) is 0 Å². The van der Waals surface area contributed by atoms with Gasteiger partial charge < -0.3 is 4.74 Å². The molecule has 2 aliphatic carbocycles. The van der Waals surface area contributed by atoms with Crippen LogP contribution in [0.1, 0.15) is 42.9 Å². The number of benzene rings is 2. The molecule has 0 spiro atoms. The van der Waals surface area contributed by atoms with Crippen LogP contribution in [0.3, 0.4) is 0 Å². The van der Waals surface area contributed by atoms with Crippen LogP contribution < -0.4 is 0 Å². The molecule has 1 saturated heterocycles. The molecule has 0 amide bonds. The molecule has 2 atom stereocenters. The molecule has 2 aromatic carbocycles. The molecule has 1 aliphatic heterocycles. The summed E-state index contributed by atoms with van der Waals surface area (Å²) in [6.45, 7) is 0. The second-order valence-electron chi connectivity index (χ2n) is 7.49. The summed E-state index contributed by atoms with van der Waals surface area (Å²) in [5.41, 5.74) is 2.23. The number of hydrogen-bond donors (Lipinski definition) is 0. The average molecular weight is 360 g/mol. The predicted octanol–water partition coefficient (Wildman–Crippen LogP) is 4.78. The van der Waals surface area contributed by atoms with Gasteiger partial charge in [-0.1, -0.05) is 66.7 Å². The third-order valence-corrected chi connectivity index (χ3v) is 5.10. The van der Waals surface area contributed by atoms with Gasteiger partial charge in [0.15, 0.2) is 11.6 Å². The van der Waals surface area contributed by atoms with E-state index in [1.165, 1.54) is 0 Å². The van der Waals surface area contributed by atoms with E-state index in [0.29, 0.717) is 17.6 Å². The van der Waals surface area contributed by atoms with Crippen LogP contribution in [-0.2, 0) is 14.3 Å². The smallest absolute Gasteiger partial charge is 0.167 e. The molecule has 27 heavy (non-hydrogen) atoms. The topological polar surface area (TPSA) is 46.7 Å². The first-order valence-electron chi connectivity index (χ1n) is 9.73. The largest absolute Gasteiger partial charge is 0.356 e. The highest BCUT2D eigenvalue weighted by Crippen LogP contribution is 2.44. The van der Waals surface area contributed by atoms with E-state index < -0.39 is 0 Å². The van der Waals surface area contributed by atoms with E-state index in [9.17, 15) is 9.59 Å². The molecule has 2 saturated carbocycles. The molecule has 3 nitrogen and oxygen atoms in total. The maximum Gasteiger partial charge on any atom is 0.167 e. The zero-order chi connectivity index (χ0) is 18.6. The predicted molar refractivity (Wildman–Crippen MR) is 105 cm³/mol. The summed E-state index contributed by atoms with van der Waals surface area (Å²) >= 11 is 0. The third kappa shape index (κ3) is 5.01. The zero-order valence-corrected chi connectivity index (χ0v) is 15.3. The minimum atomic E-state index is -0.134. The van der Waals surface area contributed by atoms with Crippen molar-refractivity contribution < 1.29 is 14.3 Å². The van der Waals surface area contributed by atoms with Crippen LogP contribution in [0.4, 0.5) is 0 Å². The van der Waals surface area contributed by atoms with Gasteiger partial charge in [-0.15, -0.1) is 0 Å². The Bertz CT molecular complexity index is 817. The molecular formula is C24H24O3. The van der Waals surface area contributed by atoms with Crippen molar-refractivity contribution in [2.24, 2.45) is 11.8 Å². The number of hydrogen-bond acceptors (Lipinski definition) is 3. The normalized spacial score (nSPS) is 23.4. The maximum atomic E-state index is 11.6. The standard InChI is InChI=1S/C12H12O2.C12H12O/c13-10(8-6-7-8)12-11(14-12)9-4-2-1-3-5-9;13-12(11-7-8-11)9-6-10-4-2-1-3-5-10/h1-5,8,11-12H,6-7H2;1-6,9,11H,7-8H2/b;9-6+/t11-,12-;/m0./s1. The lowest BCUT2D eigenvalue weighted by molar-refractivity contribution is -0.121. The van der Waals surface area contributed by atoms with Crippen molar-refractivity contribution in [2.45, 2.75) is 37.9 Å². The molecule has 0 N–H and O–H groups in total. The number of Topliss-reactive ketones (excluding diaryl/α,β-unsaturated/α-hetero) is 1. The van der Waals surface area contributed by atoms with Gasteiger partial charge in [0.2, 0.25) is 0 Å². The summed E-state index contributed by atoms with van der Waals surface area (Å²) < 4.78 is 5.42. The van der Waals surface area contributed by atoms with Crippen molar-refractivity contribution in [1.29, 1.82) is 0 Å². The minimum Gasteiger partial charge on any atom is -0.356 e. The van der Waals surface area contributed by atoms with Gasteiger partial charge in [-0.2, -0.15) is 0 Å². The highest BCUT2D eigenvalue weighted by Gasteiger charge is 2.50. The van der Waals surface area contributed by atoms with Gasteiger partial charge in [0.25, 0.3) is 0 Å². The van der Waals surface area contributed by atoms with Crippen LogP contribution in [0.5, 0.6) is 0 Å². The second-order valence-corrected chi connectivity index (χ2v) is 7.49. The van der Waals surface area contributed by atoms with E-state index >= 15 is 0 Å². The van der Waals surface area contributed by atoms with Crippen molar-refractivity contribution in [3.05, 3.63) is 77.9 Å². The van der Waals surface area contributed by atoms with Gasteiger partial charge in [-0.05, 0) is 42.9 Å². The lowest BCUT2D eigenvalue weighted by Crippen LogP contribution is -2.09. The van der Waals surface area contributed by atoms with E-state index in [0.717, 1.165) is 36.8 Å². The fraction of sp³-hybridized carbons (Fsp3) is 0.333. The fourth-order valence-electron chi connectivity index (χ4n) is 3.07. The van der Waals surface area contributed by atoms with Crippen LogP contribution in [-0.4, -0.2) is 17.7 Å². The third-order valence-electron chi connectivity index (χ3n) is 5.10. The quantitative estimate of drug-likeness (QED) is 0.550. The fourth-order valence-corrected chi connectivity index (χ4v) is 3.07. The Kier molecular flexibility index (Phi) is 5.30. The Morgan fingerprint density at radius 2 is 1.41 bits per heavy atom. The Balaban J connectivity index is 0.000000134. The molecule has 3 heteroatoms. The monoisotopic (exact) mass is 360 g/mol. The van der Waals surface area contributed by atoms with Crippen molar-refractivity contribution in [1.82, 2.24) is 0 Å². The molecule has 2 aromatic rings. The van der Waals surface area contributed by atoms with E-state index in [1.807, 2.05) is 66.7 Å². The molecule has 3 aliphatic rings. The first kappa shape index (κ1) is 17.9. The van der Waals surface area contributed by atoms with Crippen molar-refractivity contribution in [3.8, 4) is 0 Å². The zero-order valence-electron chi connectivity index (χ0n) is 15.3. The van der Waals surface area contributed by atoms with Crippen LogP contribution in [0.15, 0.2) is 66.7 Å². The number of epoxide rings is 1. The van der Waals surface area contributed by atoms with Gasteiger partial charge in [0.1, 0.15) is 12.2 Å². The van der Waals surface area contributed by atoms with Crippen molar-refractivity contribution in [2.75, 3.05) is 0 Å². The number of carbonyl (C=O) groups is 2. The van der Waals surface area contributed by atoms with Gasteiger partial charge in [-0.3, -0.25) is 9.59 Å². The number of carbonyl (C=O) groups excluding carboxylic acids is 2. The Labute approximate surface area is 160 Å². The molecular weight excluding hydrogens is 336 g/mol. The van der Waals surface area contributed by atoms with Crippen molar-refractivity contribution in [3.63, 3.8) is 0 Å². The Hall–Kier alpha value is -2.52. The van der Waals surface area contributed by atoms with Gasteiger partial charge in [0.05, 0.1) is 0 Å². The van der Waals surface area contributed by atoms with Crippen LogP contribution >= 0.6 is 0 Å². The molecule has 1 heterocycles. The highest BCUT2D eigenvalue weighted by molar-refractivity contribution is 5.96. The molecule has 0 unspecified atom stereocenters. The van der Waals surface area contributed by atoms with Crippen LogP contribution in [0, 0.1) is 11.8 Å². The number of allylic oxidation sites excluding steroid dienone is 1. The lowest BCUT2D eigenvalue weighted by atomic mass is 10.1. The van der Waals surface area contributed by atoms with Gasteiger partial charge in [-0.25, -0.2) is 0 Å². The summed E-state index contributed by atoms with van der Waals surface area (Å²) in [5.74, 6) is 1.25. The SMILES string of the molecule is O=C(/C=C/c1ccccc1)C1CC1.O=C(C1CC1)[C@@H]1O[C@H]1c1ccccc1. The number of rotatable bonds is 6. The highest BCUT2D eigenvalue weighted by atomic mass is 16.6. The van der Waals surface area contributed by atoms with Gasteiger partial charge >= 0.3 is 0 Å².